The molecule has 0 fully saturated rings. The maximum absolute atomic E-state index is 13.6. The highest BCUT2D eigenvalue weighted by molar-refractivity contribution is 6.05. The lowest BCUT2D eigenvalue weighted by molar-refractivity contribution is 0.102. The van der Waals surface area contributed by atoms with Crippen LogP contribution in [-0.2, 0) is 22.4 Å². The van der Waals surface area contributed by atoms with Crippen molar-refractivity contribution < 1.29 is 28.5 Å². The summed E-state index contributed by atoms with van der Waals surface area (Å²) in [6.07, 6.45) is 3.95. The third-order valence-electron chi connectivity index (χ3n) is 7.59. The van der Waals surface area contributed by atoms with Gasteiger partial charge in [0, 0.05) is 32.5 Å². The molecule has 0 unspecified atom stereocenters. The minimum Gasteiger partial charge on any atom is -0.487 e. The second-order valence-corrected chi connectivity index (χ2v) is 10.6. The Morgan fingerprint density at radius 1 is 0.870 bits per heavy atom. The number of carbonyl (C=O) groups is 1. The average Bonchev–Trinajstić information content (AvgIpc) is 3.38. The quantitative estimate of drug-likeness (QED) is 0.180. The van der Waals surface area contributed by atoms with E-state index in [2.05, 4.69) is 15.3 Å². The summed E-state index contributed by atoms with van der Waals surface area (Å²) in [4.78, 5) is 35.8. The predicted molar refractivity (Wildman–Crippen MR) is 172 cm³/mol. The van der Waals surface area contributed by atoms with Gasteiger partial charge >= 0.3 is 0 Å². The number of hydrogen-bond donors (Lipinski definition) is 1. The first-order valence-electron chi connectivity index (χ1n) is 15.1. The lowest BCUT2D eigenvalue weighted by Crippen LogP contribution is -2.25. The van der Waals surface area contributed by atoms with Gasteiger partial charge in [-0.1, -0.05) is 18.2 Å². The van der Waals surface area contributed by atoms with E-state index >= 15 is 0 Å². The predicted octanol–water partition coefficient (Wildman–Crippen LogP) is 5.01. The Bertz CT molecular complexity index is 1870. The zero-order valence-electron chi connectivity index (χ0n) is 25.7. The summed E-state index contributed by atoms with van der Waals surface area (Å²) in [7, 11) is 3.21. The zero-order valence-corrected chi connectivity index (χ0v) is 25.7. The lowest BCUT2D eigenvalue weighted by Gasteiger charge is -2.19. The molecule has 1 amide bonds. The van der Waals surface area contributed by atoms with Gasteiger partial charge in [0.25, 0.3) is 11.5 Å². The minimum absolute atomic E-state index is 0.172. The van der Waals surface area contributed by atoms with E-state index in [1.165, 1.54) is 6.33 Å². The average molecular weight is 626 g/mol. The van der Waals surface area contributed by atoms with Crippen LogP contribution in [0.2, 0.25) is 0 Å². The summed E-state index contributed by atoms with van der Waals surface area (Å²) < 4.78 is 31.7. The van der Waals surface area contributed by atoms with Crippen LogP contribution >= 0.6 is 0 Å². The number of nitrogens with zero attached hydrogens (tertiary/aromatic N) is 4. The molecule has 0 aliphatic carbocycles. The second kappa shape index (κ2) is 14.3. The van der Waals surface area contributed by atoms with Crippen molar-refractivity contribution in [2.24, 2.45) is 0 Å². The van der Waals surface area contributed by atoms with Crippen LogP contribution in [0.1, 0.15) is 28.9 Å². The molecule has 1 N–H and O–H groups in total. The summed E-state index contributed by atoms with van der Waals surface area (Å²) in [6.45, 7) is 2.18. The van der Waals surface area contributed by atoms with Crippen molar-refractivity contribution in [1.82, 2.24) is 19.3 Å². The third-order valence-corrected chi connectivity index (χ3v) is 7.59. The highest BCUT2D eigenvalue weighted by Gasteiger charge is 2.27. The van der Waals surface area contributed by atoms with Crippen LogP contribution in [-0.4, -0.2) is 65.9 Å². The fourth-order valence-electron chi connectivity index (χ4n) is 5.41. The van der Waals surface area contributed by atoms with Crippen LogP contribution in [0.5, 0.6) is 23.1 Å². The van der Waals surface area contributed by atoms with Gasteiger partial charge in [-0.15, -0.1) is 0 Å². The molecule has 0 spiro atoms. The standard InChI is InChI=1S/C34H35N5O7/c1-42-16-18-44-29-20-26-27(21-30(29)45-19-17-43-2)35-22-36-33(26)46-25-13-11-23(12-14-25)37-32(40)31-28-10-6-7-15-38(28)39(34(31)41)24-8-4-3-5-9-24/h3-5,8-9,11-14,20-22H,6-7,10,15-19H2,1-2H3,(H,37,40). The molecule has 1 aliphatic rings. The Balaban J connectivity index is 1.22. The molecule has 5 aromatic rings. The van der Waals surface area contributed by atoms with E-state index < -0.39 is 5.91 Å². The van der Waals surface area contributed by atoms with Gasteiger partial charge in [0.05, 0.1) is 35.5 Å². The van der Waals surface area contributed by atoms with E-state index in [0.29, 0.717) is 79.1 Å². The molecule has 0 bridgehead atoms. The summed E-state index contributed by atoms with van der Waals surface area (Å²) >= 11 is 0. The number of fused-ring (bicyclic) bond motifs is 2. The lowest BCUT2D eigenvalue weighted by atomic mass is 10.1. The Labute approximate surface area is 265 Å². The van der Waals surface area contributed by atoms with Gasteiger partial charge in [0.2, 0.25) is 5.88 Å². The van der Waals surface area contributed by atoms with Gasteiger partial charge < -0.3 is 29.0 Å². The summed E-state index contributed by atoms with van der Waals surface area (Å²) in [5.74, 6) is 1.39. The van der Waals surface area contributed by atoms with Gasteiger partial charge in [-0.2, -0.15) is 0 Å². The van der Waals surface area contributed by atoms with Crippen LogP contribution in [0.15, 0.2) is 77.9 Å². The number of nitrogens with one attached hydrogen (secondary N) is 1. The normalized spacial score (nSPS) is 12.5. The smallest absolute Gasteiger partial charge is 0.284 e. The number of anilines is 1. The summed E-state index contributed by atoms with van der Waals surface area (Å²) in [6, 6.07) is 19.8. The van der Waals surface area contributed by atoms with Crippen LogP contribution < -0.4 is 25.1 Å². The molecule has 46 heavy (non-hydrogen) atoms. The number of amides is 1. The second-order valence-electron chi connectivity index (χ2n) is 10.6. The van der Waals surface area contributed by atoms with E-state index in [4.69, 9.17) is 23.7 Å². The van der Waals surface area contributed by atoms with Crippen molar-refractivity contribution >= 4 is 22.5 Å². The summed E-state index contributed by atoms with van der Waals surface area (Å²) in [5.41, 5.74) is 2.47. The molecular weight excluding hydrogens is 590 g/mol. The Morgan fingerprint density at radius 3 is 2.30 bits per heavy atom. The number of hydrogen-bond acceptors (Lipinski definition) is 9. The minimum atomic E-state index is -0.440. The molecular formula is C34H35N5O7. The molecule has 1 aliphatic heterocycles. The van der Waals surface area contributed by atoms with E-state index in [-0.39, 0.29) is 11.1 Å². The van der Waals surface area contributed by atoms with Crippen LogP contribution in [0.4, 0.5) is 5.69 Å². The van der Waals surface area contributed by atoms with Crippen LogP contribution in [0.25, 0.3) is 16.6 Å². The molecule has 3 heterocycles. The largest absolute Gasteiger partial charge is 0.487 e. The molecule has 238 valence electrons. The molecule has 0 saturated heterocycles. The highest BCUT2D eigenvalue weighted by Crippen LogP contribution is 2.36. The van der Waals surface area contributed by atoms with Crippen molar-refractivity contribution in [3.8, 4) is 28.8 Å². The Morgan fingerprint density at radius 2 is 1.59 bits per heavy atom. The van der Waals surface area contributed by atoms with Gasteiger partial charge in [0.1, 0.15) is 30.9 Å². The first-order chi connectivity index (χ1) is 22.6. The monoisotopic (exact) mass is 625 g/mol. The van der Waals surface area contributed by atoms with E-state index in [0.717, 1.165) is 24.2 Å². The van der Waals surface area contributed by atoms with Crippen molar-refractivity contribution in [2.75, 3.05) is 46.0 Å². The number of rotatable bonds is 13. The van der Waals surface area contributed by atoms with Gasteiger partial charge in [-0.3, -0.25) is 14.3 Å². The first-order valence-corrected chi connectivity index (χ1v) is 15.1. The maximum Gasteiger partial charge on any atom is 0.284 e. The van der Waals surface area contributed by atoms with Crippen molar-refractivity contribution in [2.45, 2.75) is 25.8 Å². The zero-order chi connectivity index (χ0) is 31.9. The molecule has 12 heteroatoms. The number of ether oxygens (including phenoxy) is 5. The third kappa shape index (κ3) is 6.58. The molecule has 2 aromatic heterocycles. The van der Waals surface area contributed by atoms with E-state index in [9.17, 15) is 9.59 Å². The first kappa shape index (κ1) is 30.8. The van der Waals surface area contributed by atoms with Crippen molar-refractivity contribution in [3.05, 3.63) is 94.7 Å². The molecule has 12 nitrogen and oxygen atoms in total. The number of carbonyl (C=O) groups excluding carboxylic acids is 1. The van der Waals surface area contributed by atoms with Gasteiger partial charge in [-0.25, -0.2) is 14.6 Å². The van der Waals surface area contributed by atoms with Gasteiger partial charge in [0.15, 0.2) is 11.5 Å². The number of methoxy groups -OCH3 is 2. The number of benzene rings is 3. The Hall–Kier alpha value is -5.20. The molecule has 0 saturated carbocycles. The number of para-hydroxylation sites is 1. The Kier molecular flexibility index (Phi) is 9.56. The maximum atomic E-state index is 13.6. The highest BCUT2D eigenvalue weighted by atomic mass is 16.5. The number of aromatic nitrogens is 4. The fraction of sp³-hybridized carbons (Fsp3) is 0.294. The van der Waals surface area contributed by atoms with Crippen molar-refractivity contribution in [1.29, 1.82) is 0 Å². The summed E-state index contributed by atoms with van der Waals surface area (Å²) in [5, 5.41) is 3.52. The van der Waals surface area contributed by atoms with E-state index in [1.54, 1.807) is 55.3 Å². The van der Waals surface area contributed by atoms with E-state index in [1.807, 2.05) is 35.0 Å². The van der Waals surface area contributed by atoms with Gasteiger partial charge in [-0.05, 0) is 61.7 Å². The van der Waals surface area contributed by atoms with Crippen LogP contribution in [0.3, 0.4) is 0 Å². The van der Waals surface area contributed by atoms with Crippen molar-refractivity contribution in [3.63, 3.8) is 0 Å². The fourth-order valence-corrected chi connectivity index (χ4v) is 5.41. The molecule has 3 aromatic carbocycles. The molecule has 0 radical (unpaired) electrons. The van der Waals surface area contributed by atoms with Crippen LogP contribution in [0, 0.1) is 0 Å². The molecule has 0 atom stereocenters. The SMILES string of the molecule is COCCOc1cc2ncnc(Oc3ccc(NC(=O)c4c5n(n(-c6ccccc6)c4=O)CCCC5)cc3)c2cc1OCCOC. The molecule has 6 rings (SSSR count). The topological polar surface area (TPSA) is 128 Å².